The first-order valence-corrected chi connectivity index (χ1v) is 6.05. The third-order valence-electron chi connectivity index (χ3n) is 3.68. The molecule has 1 saturated carbocycles. The second-order valence-corrected chi connectivity index (χ2v) is 4.77. The molecule has 86 valence electrons. The van der Waals surface area contributed by atoms with Crippen LogP contribution in [0, 0.1) is 5.92 Å². The van der Waals surface area contributed by atoms with E-state index >= 15 is 0 Å². The highest BCUT2D eigenvalue weighted by atomic mass is 16.5. The van der Waals surface area contributed by atoms with Gasteiger partial charge in [-0.15, -0.1) is 0 Å². The molecule has 0 spiro atoms. The average molecular weight is 218 g/mol. The fourth-order valence-electron chi connectivity index (χ4n) is 2.65. The Morgan fingerprint density at radius 3 is 2.88 bits per heavy atom. The van der Waals surface area contributed by atoms with Gasteiger partial charge >= 0.3 is 0 Å². The van der Waals surface area contributed by atoms with Gasteiger partial charge in [0.1, 0.15) is 0 Å². The number of ether oxygens (including phenoxy) is 1. The lowest BCUT2D eigenvalue weighted by atomic mass is 9.91. The summed E-state index contributed by atoms with van der Waals surface area (Å²) in [5.74, 6) is 6.37. The fourth-order valence-corrected chi connectivity index (χ4v) is 2.65. The number of hydrazine groups is 1. The predicted octanol–water partition coefficient (Wildman–Crippen LogP) is 1.54. The third kappa shape index (κ3) is 1.75. The first-order valence-electron chi connectivity index (χ1n) is 6.05. The van der Waals surface area contributed by atoms with Gasteiger partial charge in [-0.1, -0.05) is 24.3 Å². The van der Waals surface area contributed by atoms with Crippen molar-refractivity contribution in [3.8, 4) is 0 Å². The van der Waals surface area contributed by atoms with Crippen LogP contribution < -0.4 is 11.3 Å². The lowest BCUT2D eigenvalue weighted by molar-refractivity contribution is 0.00977. The summed E-state index contributed by atoms with van der Waals surface area (Å²) in [5.41, 5.74) is 5.69. The topological polar surface area (TPSA) is 47.3 Å². The summed E-state index contributed by atoms with van der Waals surface area (Å²) in [6.45, 7) is 0.812. The van der Waals surface area contributed by atoms with Crippen LogP contribution >= 0.6 is 0 Å². The highest BCUT2D eigenvalue weighted by Gasteiger charge is 2.38. The summed E-state index contributed by atoms with van der Waals surface area (Å²) in [4.78, 5) is 0. The summed E-state index contributed by atoms with van der Waals surface area (Å²) in [7, 11) is 0. The van der Waals surface area contributed by atoms with Crippen LogP contribution in [-0.2, 0) is 11.2 Å². The Morgan fingerprint density at radius 2 is 2.12 bits per heavy atom. The van der Waals surface area contributed by atoms with Gasteiger partial charge in [-0.25, -0.2) is 0 Å². The van der Waals surface area contributed by atoms with E-state index in [4.69, 9.17) is 10.6 Å². The molecule has 1 heterocycles. The van der Waals surface area contributed by atoms with Crippen molar-refractivity contribution in [3.63, 3.8) is 0 Å². The van der Waals surface area contributed by atoms with E-state index in [1.165, 1.54) is 24.0 Å². The van der Waals surface area contributed by atoms with E-state index in [1.807, 2.05) is 0 Å². The van der Waals surface area contributed by atoms with Gasteiger partial charge in [0.25, 0.3) is 0 Å². The Morgan fingerprint density at radius 1 is 1.31 bits per heavy atom. The summed E-state index contributed by atoms with van der Waals surface area (Å²) >= 11 is 0. The zero-order valence-electron chi connectivity index (χ0n) is 9.36. The zero-order valence-corrected chi connectivity index (χ0v) is 9.36. The Hall–Kier alpha value is -0.900. The lowest BCUT2D eigenvalue weighted by Gasteiger charge is -2.32. The van der Waals surface area contributed by atoms with Crippen molar-refractivity contribution < 1.29 is 4.74 Å². The summed E-state index contributed by atoms with van der Waals surface area (Å²) in [6, 6.07) is 8.84. The van der Waals surface area contributed by atoms with Gasteiger partial charge < -0.3 is 4.74 Å². The van der Waals surface area contributed by atoms with Gasteiger partial charge in [0.05, 0.1) is 18.8 Å². The molecule has 3 nitrogen and oxygen atoms in total. The molecule has 1 fully saturated rings. The van der Waals surface area contributed by atoms with E-state index in [0.717, 1.165) is 13.0 Å². The van der Waals surface area contributed by atoms with Crippen molar-refractivity contribution >= 4 is 0 Å². The van der Waals surface area contributed by atoms with Crippen molar-refractivity contribution in [2.45, 2.75) is 31.4 Å². The van der Waals surface area contributed by atoms with E-state index in [0.29, 0.717) is 5.92 Å². The Labute approximate surface area is 95.9 Å². The maximum absolute atomic E-state index is 5.92. The van der Waals surface area contributed by atoms with Gasteiger partial charge in [-0.05, 0) is 36.3 Å². The van der Waals surface area contributed by atoms with Crippen LogP contribution in [0.4, 0.5) is 0 Å². The van der Waals surface area contributed by atoms with Gasteiger partial charge in [-0.3, -0.25) is 11.3 Å². The molecule has 3 heteroatoms. The number of nitrogens with two attached hydrogens (primary N) is 1. The maximum Gasteiger partial charge on any atom is 0.0996 e. The lowest BCUT2D eigenvalue weighted by Crippen LogP contribution is -2.43. The molecule has 1 aliphatic heterocycles. The van der Waals surface area contributed by atoms with Gasteiger partial charge in [0.15, 0.2) is 0 Å². The molecule has 2 atom stereocenters. The minimum Gasteiger partial charge on any atom is -0.371 e. The van der Waals surface area contributed by atoms with Crippen LogP contribution in [0.25, 0.3) is 0 Å². The standard InChI is InChI=1S/C13H18N2O/c14-15-12(10-5-6-10)13-11-4-2-1-3-9(11)7-8-16-13/h1-4,10,12-13,15H,5-8,14H2. The molecular weight excluding hydrogens is 200 g/mol. The second-order valence-electron chi connectivity index (χ2n) is 4.77. The molecule has 2 aliphatic rings. The van der Waals surface area contributed by atoms with Crippen LogP contribution in [-0.4, -0.2) is 12.6 Å². The molecule has 3 rings (SSSR count). The van der Waals surface area contributed by atoms with Crippen molar-refractivity contribution in [1.29, 1.82) is 0 Å². The summed E-state index contributed by atoms with van der Waals surface area (Å²) < 4.78 is 5.92. The zero-order chi connectivity index (χ0) is 11.0. The minimum absolute atomic E-state index is 0.141. The molecule has 1 aromatic rings. The molecule has 2 unspecified atom stereocenters. The second kappa shape index (κ2) is 4.17. The Kier molecular flexibility index (Phi) is 2.67. The average Bonchev–Trinajstić information content (AvgIpc) is 3.15. The largest absolute Gasteiger partial charge is 0.371 e. The van der Waals surface area contributed by atoms with E-state index < -0.39 is 0 Å². The smallest absolute Gasteiger partial charge is 0.0996 e. The quantitative estimate of drug-likeness (QED) is 0.597. The molecule has 3 N–H and O–H groups in total. The SMILES string of the molecule is NNC(C1CC1)C1OCCc2ccccc21. The van der Waals surface area contributed by atoms with E-state index in [1.54, 1.807) is 0 Å². The van der Waals surface area contributed by atoms with Crippen LogP contribution in [0.1, 0.15) is 30.1 Å². The molecule has 1 aliphatic carbocycles. The van der Waals surface area contributed by atoms with Gasteiger partial charge in [0.2, 0.25) is 0 Å². The number of hydrogen-bond donors (Lipinski definition) is 2. The monoisotopic (exact) mass is 218 g/mol. The number of fused-ring (bicyclic) bond motifs is 1. The molecular formula is C13H18N2O. The summed E-state index contributed by atoms with van der Waals surface area (Å²) in [6.07, 6.45) is 3.71. The highest BCUT2D eigenvalue weighted by molar-refractivity contribution is 5.32. The van der Waals surface area contributed by atoms with E-state index in [-0.39, 0.29) is 12.1 Å². The Balaban J connectivity index is 1.90. The van der Waals surface area contributed by atoms with Crippen molar-refractivity contribution in [3.05, 3.63) is 35.4 Å². The van der Waals surface area contributed by atoms with Gasteiger partial charge in [-0.2, -0.15) is 0 Å². The predicted molar refractivity (Wildman–Crippen MR) is 62.7 cm³/mol. The molecule has 0 aromatic heterocycles. The Bertz CT molecular complexity index is 376. The van der Waals surface area contributed by atoms with E-state index in [9.17, 15) is 0 Å². The fraction of sp³-hybridized carbons (Fsp3) is 0.538. The minimum atomic E-state index is 0.141. The van der Waals surface area contributed by atoms with Crippen molar-refractivity contribution in [2.24, 2.45) is 11.8 Å². The number of nitrogens with one attached hydrogen (secondary N) is 1. The number of hydrogen-bond acceptors (Lipinski definition) is 3. The number of rotatable bonds is 3. The third-order valence-corrected chi connectivity index (χ3v) is 3.68. The molecule has 0 bridgehead atoms. The first kappa shape index (κ1) is 10.3. The molecule has 0 amide bonds. The van der Waals surface area contributed by atoms with Crippen LogP contribution in [0.5, 0.6) is 0 Å². The molecule has 1 aromatic carbocycles. The van der Waals surface area contributed by atoms with Crippen LogP contribution in [0.3, 0.4) is 0 Å². The van der Waals surface area contributed by atoms with Gasteiger partial charge in [0, 0.05) is 0 Å². The maximum atomic E-state index is 5.92. The van der Waals surface area contributed by atoms with Crippen molar-refractivity contribution in [1.82, 2.24) is 5.43 Å². The molecule has 0 radical (unpaired) electrons. The van der Waals surface area contributed by atoms with E-state index in [2.05, 4.69) is 29.7 Å². The van der Waals surface area contributed by atoms with Crippen LogP contribution in [0.15, 0.2) is 24.3 Å². The van der Waals surface area contributed by atoms with Crippen molar-refractivity contribution in [2.75, 3.05) is 6.61 Å². The first-order chi connectivity index (χ1) is 7.90. The molecule has 16 heavy (non-hydrogen) atoms. The number of benzene rings is 1. The normalized spacial score (nSPS) is 26.2. The highest BCUT2D eigenvalue weighted by Crippen LogP contribution is 2.41. The van der Waals surface area contributed by atoms with Crippen LogP contribution in [0.2, 0.25) is 0 Å². The molecule has 0 saturated heterocycles. The summed E-state index contributed by atoms with van der Waals surface area (Å²) in [5, 5.41) is 0.